The molecule has 98 valence electrons. The van der Waals surface area contributed by atoms with Crippen molar-refractivity contribution in [2.24, 2.45) is 0 Å². The monoisotopic (exact) mass is 240 g/mol. The van der Waals surface area contributed by atoms with Crippen molar-refractivity contribution in [2.75, 3.05) is 17.6 Å². The molecule has 5 heteroatoms. The van der Waals surface area contributed by atoms with Gasteiger partial charge in [0.15, 0.2) is 0 Å². The van der Waals surface area contributed by atoms with E-state index >= 15 is 0 Å². The maximum atomic E-state index is 5.31. The molecular formula is C12H24N4O. The summed E-state index contributed by atoms with van der Waals surface area (Å²) in [6.07, 6.45) is 10.5. The van der Waals surface area contributed by atoms with Crippen LogP contribution in [0.3, 0.4) is 0 Å². The summed E-state index contributed by atoms with van der Waals surface area (Å²) in [5.41, 5.74) is 5.31. The summed E-state index contributed by atoms with van der Waals surface area (Å²) in [5.74, 6) is 0. The van der Waals surface area contributed by atoms with E-state index in [2.05, 4.69) is 22.4 Å². The fourth-order valence-electron chi connectivity index (χ4n) is 1.76. The van der Waals surface area contributed by atoms with Crippen LogP contribution in [-0.4, -0.2) is 16.7 Å². The van der Waals surface area contributed by atoms with Gasteiger partial charge in [-0.05, 0) is 6.42 Å². The first-order chi connectivity index (χ1) is 8.33. The second kappa shape index (κ2) is 8.84. The molecule has 0 aliphatic heterocycles. The number of nitrogens with two attached hydrogens (primary N) is 1. The molecule has 0 aliphatic carbocycles. The molecule has 1 aromatic heterocycles. The minimum atomic E-state index is 0.114. The first kappa shape index (κ1) is 13.8. The largest absolute Gasteiger partial charge is 0.390 e. The van der Waals surface area contributed by atoms with Gasteiger partial charge in [0.2, 0.25) is 0 Å². The molecule has 0 saturated carbocycles. The predicted octanol–water partition coefficient (Wildman–Crippen LogP) is 3.20. The number of nitrogens with zero attached hydrogens (tertiary/aromatic N) is 2. The third-order valence-corrected chi connectivity index (χ3v) is 2.75. The smallest absolute Gasteiger partial charge is 0.316 e. The normalized spacial score (nSPS) is 10.6. The molecule has 5 nitrogen and oxygen atoms in total. The Kier molecular flexibility index (Phi) is 7.18. The highest BCUT2D eigenvalue weighted by Crippen LogP contribution is 2.09. The average Bonchev–Trinajstić information content (AvgIpc) is 2.73. The minimum Gasteiger partial charge on any atom is -0.390 e. The lowest BCUT2D eigenvalue weighted by Crippen LogP contribution is -2.01. The van der Waals surface area contributed by atoms with E-state index < -0.39 is 0 Å². The molecule has 0 fully saturated rings. The van der Waals surface area contributed by atoms with E-state index in [1.165, 1.54) is 44.9 Å². The van der Waals surface area contributed by atoms with Crippen LogP contribution in [0.2, 0.25) is 0 Å². The number of hydrogen-bond donors (Lipinski definition) is 2. The lowest BCUT2D eigenvalue weighted by atomic mass is 10.1. The topological polar surface area (TPSA) is 77.0 Å². The molecule has 0 radical (unpaired) electrons. The van der Waals surface area contributed by atoms with Gasteiger partial charge in [-0.25, -0.2) is 0 Å². The summed E-state index contributed by atoms with van der Waals surface area (Å²) in [5, 5.41) is 10.4. The number of nitrogen functional groups attached to an aromatic ring is 1. The van der Waals surface area contributed by atoms with Crippen molar-refractivity contribution in [1.29, 1.82) is 0 Å². The molecule has 1 rings (SSSR count). The Morgan fingerprint density at radius 3 is 2.24 bits per heavy atom. The SMILES string of the molecule is CCCCCCCCCCNc1nnc(N)o1. The van der Waals surface area contributed by atoms with E-state index in [9.17, 15) is 0 Å². The molecule has 0 bridgehead atoms. The lowest BCUT2D eigenvalue weighted by molar-refractivity contribution is 0.568. The van der Waals surface area contributed by atoms with Crippen LogP contribution in [0, 0.1) is 0 Å². The number of unbranched alkanes of at least 4 members (excludes halogenated alkanes) is 7. The molecular weight excluding hydrogens is 216 g/mol. The summed E-state index contributed by atoms with van der Waals surface area (Å²) in [6, 6.07) is 0.536. The van der Waals surface area contributed by atoms with Crippen LogP contribution in [0.4, 0.5) is 12.0 Å². The van der Waals surface area contributed by atoms with Crippen molar-refractivity contribution in [3.8, 4) is 0 Å². The van der Waals surface area contributed by atoms with Crippen molar-refractivity contribution in [1.82, 2.24) is 10.2 Å². The van der Waals surface area contributed by atoms with Gasteiger partial charge in [-0.1, -0.05) is 62.1 Å². The molecule has 0 spiro atoms. The van der Waals surface area contributed by atoms with Crippen molar-refractivity contribution in [2.45, 2.75) is 58.3 Å². The summed E-state index contributed by atoms with van der Waals surface area (Å²) < 4.78 is 5.00. The molecule has 1 heterocycles. The molecule has 0 saturated heterocycles. The Morgan fingerprint density at radius 1 is 1.00 bits per heavy atom. The summed E-state index contributed by atoms with van der Waals surface area (Å²) in [7, 11) is 0. The van der Waals surface area contributed by atoms with Gasteiger partial charge in [-0.3, -0.25) is 0 Å². The Balaban J connectivity index is 1.84. The highest BCUT2D eigenvalue weighted by molar-refractivity contribution is 5.21. The van der Waals surface area contributed by atoms with Crippen molar-refractivity contribution >= 4 is 12.0 Å². The number of aromatic nitrogens is 2. The molecule has 17 heavy (non-hydrogen) atoms. The molecule has 1 aromatic rings. The first-order valence-electron chi connectivity index (χ1n) is 6.65. The van der Waals surface area contributed by atoms with Crippen LogP contribution < -0.4 is 11.1 Å². The van der Waals surface area contributed by atoms with Gasteiger partial charge < -0.3 is 15.5 Å². The maximum absolute atomic E-state index is 5.31. The Bertz CT molecular complexity index is 288. The highest BCUT2D eigenvalue weighted by atomic mass is 16.4. The third kappa shape index (κ3) is 6.81. The second-order valence-electron chi connectivity index (χ2n) is 4.35. The fourth-order valence-corrected chi connectivity index (χ4v) is 1.76. The van der Waals surface area contributed by atoms with Crippen LogP contribution in [0.25, 0.3) is 0 Å². The van der Waals surface area contributed by atoms with Gasteiger partial charge in [0.25, 0.3) is 0 Å². The van der Waals surface area contributed by atoms with Crippen molar-refractivity contribution in [3.05, 3.63) is 0 Å². The van der Waals surface area contributed by atoms with Gasteiger partial charge in [-0.2, -0.15) is 0 Å². The van der Waals surface area contributed by atoms with E-state index in [-0.39, 0.29) is 6.01 Å². The zero-order valence-corrected chi connectivity index (χ0v) is 10.7. The van der Waals surface area contributed by atoms with E-state index in [1.807, 2.05) is 0 Å². The van der Waals surface area contributed by atoms with Gasteiger partial charge in [0.05, 0.1) is 0 Å². The summed E-state index contributed by atoms with van der Waals surface area (Å²) >= 11 is 0. The molecule has 0 unspecified atom stereocenters. The van der Waals surface area contributed by atoms with E-state index in [0.717, 1.165) is 13.0 Å². The minimum absolute atomic E-state index is 0.114. The highest BCUT2D eigenvalue weighted by Gasteiger charge is 2.00. The summed E-state index contributed by atoms with van der Waals surface area (Å²) in [6.45, 7) is 3.12. The van der Waals surface area contributed by atoms with E-state index in [1.54, 1.807) is 0 Å². The van der Waals surface area contributed by atoms with Crippen LogP contribution in [0.1, 0.15) is 58.3 Å². The quantitative estimate of drug-likeness (QED) is 0.614. The number of nitrogens with one attached hydrogen (secondary N) is 1. The Hall–Kier alpha value is -1.26. The Morgan fingerprint density at radius 2 is 1.65 bits per heavy atom. The number of rotatable bonds is 10. The van der Waals surface area contributed by atoms with Crippen LogP contribution >= 0.6 is 0 Å². The van der Waals surface area contributed by atoms with Gasteiger partial charge in [0.1, 0.15) is 0 Å². The lowest BCUT2D eigenvalue weighted by Gasteiger charge is -2.02. The van der Waals surface area contributed by atoms with Gasteiger partial charge in [-0.15, -0.1) is 0 Å². The van der Waals surface area contributed by atoms with Crippen LogP contribution in [0.15, 0.2) is 4.42 Å². The van der Waals surface area contributed by atoms with E-state index in [0.29, 0.717) is 6.01 Å². The molecule has 0 aliphatic rings. The fraction of sp³-hybridized carbons (Fsp3) is 0.833. The first-order valence-corrected chi connectivity index (χ1v) is 6.65. The standard InChI is InChI=1S/C12H24N4O/c1-2-3-4-5-6-7-8-9-10-14-12-16-15-11(13)17-12/h2-10H2,1H3,(H2,13,15)(H,14,16). The number of anilines is 2. The van der Waals surface area contributed by atoms with Gasteiger partial charge >= 0.3 is 12.0 Å². The van der Waals surface area contributed by atoms with Crippen molar-refractivity contribution in [3.63, 3.8) is 0 Å². The Labute approximate surface area is 103 Å². The molecule has 0 aromatic carbocycles. The number of hydrogen-bond acceptors (Lipinski definition) is 5. The molecule has 0 atom stereocenters. The van der Waals surface area contributed by atoms with Crippen molar-refractivity contribution < 1.29 is 4.42 Å². The summed E-state index contributed by atoms with van der Waals surface area (Å²) in [4.78, 5) is 0. The van der Waals surface area contributed by atoms with E-state index in [4.69, 9.17) is 10.2 Å². The van der Waals surface area contributed by atoms with Crippen LogP contribution in [0.5, 0.6) is 0 Å². The maximum Gasteiger partial charge on any atom is 0.316 e. The molecule has 0 amide bonds. The zero-order chi connectivity index (χ0) is 12.3. The predicted molar refractivity (Wildman–Crippen MR) is 69.8 cm³/mol. The van der Waals surface area contributed by atoms with Crippen LogP contribution in [-0.2, 0) is 0 Å². The average molecular weight is 240 g/mol. The molecule has 3 N–H and O–H groups in total. The van der Waals surface area contributed by atoms with Gasteiger partial charge in [0, 0.05) is 6.54 Å². The zero-order valence-electron chi connectivity index (χ0n) is 10.7. The third-order valence-electron chi connectivity index (χ3n) is 2.75. The second-order valence-corrected chi connectivity index (χ2v) is 4.35.